The van der Waals surface area contributed by atoms with Crippen molar-refractivity contribution in [1.29, 1.82) is 0 Å². The lowest BCUT2D eigenvalue weighted by Gasteiger charge is -2.08. The summed E-state index contributed by atoms with van der Waals surface area (Å²) in [6, 6.07) is 6.20. The summed E-state index contributed by atoms with van der Waals surface area (Å²) in [5.74, 6) is 0.772. The van der Waals surface area contributed by atoms with Crippen molar-refractivity contribution in [2.24, 2.45) is 0 Å². The molecule has 0 aliphatic heterocycles. The van der Waals surface area contributed by atoms with Crippen LogP contribution in [0.15, 0.2) is 46.0 Å². The third kappa shape index (κ3) is 3.67. The van der Waals surface area contributed by atoms with Crippen LogP contribution in [0.5, 0.6) is 0 Å². The van der Waals surface area contributed by atoms with E-state index in [2.05, 4.69) is 35.9 Å². The number of anilines is 2. The summed E-state index contributed by atoms with van der Waals surface area (Å²) in [6.07, 6.45) is 2.97. The van der Waals surface area contributed by atoms with Gasteiger partial charge in [-0.2, -0.15) is 0 Å². The molecule has 0 saturated heterocycles. The molecule has 0 bridgehead atoms. The van der Waals surface area contributed by atoms with E-state index in [9.17, 15) is 8.42 Å². The van der Waals surface area contributed by atoms with E-state index in [1.807, 2.05) is 6.92 Å². The number of pyridine rings is 2. The van der Waals surface area contributed by atoms with Crippen LogP contribution in [0.25, 0.3) is 0 Å². The lowest BCUT2D eigenvalue weighted by Crippen LogP contribution is -2.14. The summed E-state index contributed by atoms with van der Waals surface area (Å²) in [5, 5.41) is 2.97. The average Bonchev–Trinajstić information content (AvgIpc) is 2.42. The van der Waals surface area contributed by atoms with E-state index < -0.39 is 10.0 Å². The summed E-state index contributed by atoms with van der Waals surface area (Å²) in [6.45, 7) is 2.57. The van der Waals surface area contributed by atoms with Crippen molar-refractivity contribution < 1.29 is 8.42 Å². The molecule has 0 atom stereocenters. The van der Waals surface area contributed by atoms with Crippen LogP contribution in [0.4, 0.5) is 11.6 Å². The Kier molecular flexibility index (Phi) is 4.56. The first-order valence-electron chi connectivity index (χ1n) is 5.85. The van der Waals surface area contributed by atoms with Crippen molar-refractivity contribution in [2.45, 2.75) is 11.8 Å². The fraction of sp³-hybridized carbons (Fsp3) is 0.167. The predicted octanol–water partition coefficient (Wildman–Crippen LogP) is 2.47. The minimum Gasteiger partial charge on any atom is -0.370 e. The molecule has 0 fully saturated rings. The lowest BCUT2D eigenvalue weighted by molar-refractivity contribution is 0.601. The van der Waals surface area contributed by atoms with Crippen LogP contribution in [0.3, 0.4) is 0 Å². The summed E-state index contributed by atoms with van der Waals surface area (Å²) >= 11 is 3.24. The van der Waals surface area contributed by atoms with Gasteiger partial charge in [-0.3, -0.25) is 4.72 Å². The zero-order chi connectivity index (χ0) is 14.6. The van der Waals surface area contributed by atoms with E-state index in [1.54, 1.807) is 12.1 Å². The van der Waals surface area contributed by atoms with Crippen LogP contribution in [0.1, 0.15) is 6.92 Å². The fourth-order valence-electron chi connectivity index (χ4n) is 1.49. The SMILES string of the molecule is CCNc1cc(S(=O)(=O)Nc2ccc(Br)cn2)ccn1. The van der Waals surface area contributed by atoms with Gasteiger partial charge in [-0.1, -0.05) is 0 Å². The minimum absolute atomic E-state index is 0.133. The Morgan fingerprint density at radius 3 is 2.65 bits per heavy atom. The molecule has 0 aromatic carbocycles. The standard InChI is InChI=1S/C12H13BrN4O2S/c1-2-14-12-7-10(5-6-15-12)20(18,19)17-11-4-3-9(13)8-16-11/h3-8H,2H2,1H3,(H,14,15)(H,16,17). The third-order valence-corrected chi connectivity index (χ3v) is 4.19. The number of nitrogens with one attached hydrogen (secondary N) is 2. The lowest BCUT2D eigenvalue weighted by atomic mass is 10.4. The third-order valence-electron chi connectivity index (χ3n) is 2.37. The van der Waals surface area contributed by atoms with Crippen LogP contribution in [0, 0.1) is 0 Å². The second kappa shape index (κ2) is 6.19. The number of aromatic nitrogens is 2. The highest BCUT2D eigenvalue weighted by Gasteiger charge is 2.15. The Hall–Kier alpha value is -1.67. The molecule has 2 heterocycles. The van der Waals surface area contributed by atoms with Crippen molar-refractivity contribution in [3.05, 3.63) is 41.1 Å². The highest BCUT2D eigenvalue weighted by atomic mass is 79.9. The second-order valence-electron chi connectivity index (χ2n) is 3.87. The number of nitrogens with zero attached hydrogens (tertiary/aromatic N) is 2. The molecule has 0 saturated carbocycles. The van der Waals surface area contributed by atoms with E-state index in [0.29, 0.717) is 12.4 Å². The van der Waals surface area contributed by atoms with Gasteiger partial charge in [-0.15, -0.1) is 0 Å². The topological polar surface area (TPSA) is 84.0 Å². The van der Waals surface area contributed by atoms with Crippen molar-refractivity contribution in [2.75, 3.05) is 16.6 Å². The van der Waals surface area contributed by atoms with E-state index in [4.69, 9.17) is 0 Å². The molecule has 0 radical (unpaired) electrons. The summed E-state index contributed by atoms with van der Waals surface area (Å²) in [4.78, 5) is 8.15. The first-order valence-corrected chi connectivity index (χ1v) is 8.13. The monoisotopic (exact) mass is 356 g/mol. The Labute approximate surface area is 125 Å². The predicted molar refractivity (Wildman–Crippen MR) is 81.1 cm³/mol. The molecule has 0 aliphatic carbocycles. The number of halogens is 1. The largest absolute Gasteiger partial charge is 0.370 e. The maximum Gasteiger partial charge on any atom is 0.263 e. The van der Waals surface area contributed by atoms with Gasteiger partial charge in [0.15, 0.2) is 0 Å². The van der Waals surface area contributed by atoms with Gasteiger partial charge in [0.25, 0.3) is 10.0 Å². The zero-order valence-corrected chi connectivity index (χ0v) is 13.1. The molecule has 0 unspecified atom stereocenters. The Balaban J connectivity index is 2.25. The van der Waals surface area contributed by atoms with Gasteiger partial charge in [-0.05, 0) is 41.1 Å². The van der Waals surface area contributed by atoms with Crippen LogP contribution in [-0.2, 0) is 10.0 Å². The number of rotatable bonds is 5. The van der Waals surface area contributed by atoms with E-state index in [1.165, 1.54) is 24.5 Å². The van der Waals surface area contributed by atoms with Gasteiger partial charge in [0, 0.05) is 29.5 Å². The fourth-order valence-corrected chi connectivity index (χ4v) is 2.74. The van der Waals surface area contributed by atoms with Crippen molar-refractivity contribution in [1.82, 2.24) is 9.97 Å². The zero-order valence-electron chi connectivity index (χ0n) is 10.7. The molecule has 0 spiro atoms. The van der Waals surface area contributed by atoms with Gasteiger partial charge in [0.05, 0.1) is 4.90 Å². The first-order chi connectivity index (χ1) is 9.51. The molecule has 20 heavy (non-hydrogen) atoms. The highest BCUT2D eigenvalue weighted by molar-refractivity contribution is 9.10. The van der Waals surface area contributed by atoms with Gasteiger partial charge >= 0.3 is 0 Å². The van der Waals surface area contributed by atoms with Crippen LogP contribution >= 0.6 is 15.9 Å². The van der Waals surface area contributed by atoms with Gasteiger partial charge in [-0.25, -0.2) is 18.4 Å². The van der Waals surface area contributed by atoms with E-state index in [-0.39, 0.29) is 10.7 Å². The van der Waals surface area contributed by atoms with E-state index in [0.717, 1.165) is 4.47 Å². The molecule has 0 amide bonds. The Morgan fingerprint density at radius 1 is 1.20 bits per heavy atom. The normalized spacial score (nSPS) is 11.1. The maximum atomic E-state index is 12.2. The number of hydrogen-bond acceptors (Lipinski definition) is 5. The quantitative estimate of drug-likeness (QED) is 0.859. The molecule has 2 N–H and O–H groups in total. The molecular weight excluding hydrogens is 344 g/mol. The molecule has 2 aromatic rings. The minimum atomic E-state index is -3.67. The molecule has 0 aliphatic rings. The molecule has 6 nitrogen and oxygen atoms in total. The summed E-state index contributed by atoms with van der Waals surface area (Å²) in [5.41, 5.74) is 0. The van der Waals surface area contributed by atoms with Crippen molar-refractivity contribution in [3.63, 3.8) is 0 Å². The Morgan fingerprint density at radius 2 is 2.00 bits per heavy atom. The summed E-state index contributed by atoms with van der Waals surface area (Å²) < 4.78 is 27.6. The molecule has 8 heteroatoms. The van der Waals surface area contributed by atoms with Crippen LogP contribution in [0.2, 0.25) is 0 Å². The van der Waals surface area contributed by atoms with Crippen LogP contribution in [-0.4, -0.2) is 24.9 Å². The first kappa shape index (κ1) is 14.7. The molecule has 2 aromatic heterocycles. The molecule has 106 valence electrons. The summed E-state index contributed by atoms with van der Waals surface area (Å²) in [7, 11) is -3.67. The van der Waals surface area contributed by atoms with Gasteiger partial charge in [0.1, 0.15) is 11.6 Å². The highest BCUT2D eigenvalue weighted by Crippen LogP contribution is 2.17. The smallest absolute Gasteiger partial charge is 0.263 e. The molecule has 2 rings (SSSR count). The van der Waals surface area contributed by atoms with E-state index >= 15 is 0 Å². The average molecular weight is 357 g/mol. The van der Waals surface area contributed by atoms with Crippen molar-refractivity contribution in [3.8, 4) is 0 Å². The van der Waals surface area contributed by atoms with Gasteiger partial charge in [0.2, 0.25) is 0 Å². The van der Waals surface area contributed by atoms with Crippen molar-refractivity contribution >= 4 is 37.6 Å². The Bertz CT molecular complexity index is 689. The number of sulfonamides is 1. The molecular formula is C12H13BrN4O2S. The number of hydrogen-bond donors (Lipinski definition) is 2. The van der Waals surface area contributed by atoms with Gasteiger partial charge < -0.3 is 5.32 Å². The van der Waals surface area contributed by atoms with Crippen LogP contribution < -0.4 is 10.0 Å². The maximum absolute atomic E-state index is 12.2. The second-order valence-corrected chi connectivity index (χ2v) is 6.47.